The predicted octanol–water partition coefficient (Wildman–Crippen LogP) is 4.44. The van der Waals surface area contributed by atoms with Crippen LogP contribution >= 0.6 is 0 Å². The van der Waals surface area contributed by atoms with Crippen LogP contribution in [-0.2, 0) is 12.7 Å². The third kappa shape index (κ3) is 3.80. The van der Waals surface area contributed by atoms with Crippen molar-refractivity contribution in [2.24, 2.45) is 0 Å². The van der Waals surface area contributed by atoms with E-state index in [2.05, 4.69) is 9.88 Å². The highest BCUT2D eigenvalue weighted by atomic mass is 19.4. The normalized spacial score (nSPS) is 15.9. The highest BCUT2D eigenvalue weighted by Gasteiger charge is 2.35. The summed E-state index contributed by atoms with van der Waals surface area (Å²) >= 11 is 0. The van der Waals surface area contributed by atoms with Gasteiger partial charge in [0.05, 0.1) is 11.3 Å². The number of benzene rings is 1. The lowest BCUT2D eigenvalue weighted by molar-refractivity contribution is -0.137. The molecule has 3 aromatic rings. The molecule has 4 rings (SSSR count). The van der Waals surface area contributed by atoms with Crippen molar-refractivity contribution >= 4 is 5.65 Å². The van der Waals surface area contributed by atoms with Gasteiger partial charge in [-0.25, -0.2) is 4.98 Å². The van der Waals surface area contributed by atoms with E-state index in [0.717, 1.165) is 18.9 Å². The van der Waals surface area contributed by atoms with E-state index in [1.165, 1.54) is 22.6 Å². The molecule has 2 heterocycles. The van der Waals surface area contributed by atoms with E-state index in [1.807, 2.05) is 13.0 Å². The lowest BCUT2D eigenvalue weighted by Crippen LogP contribution is -2.30. The van der Waals surface area contributed by atoms with Crippen molar-refractivity contribution in [2.75, 3.05) is 0 Å². The van der Waals surface area contributed by atoms with Gasteiger partial charge in [-0.1, -0.05) is 18.2 Å². The first-order chi connectivity index (χ1) is 13.3. The molecule has 0 unspecified atom stereocenters. The highest BCUT2D eigenvalue weighted by molar-refractivity contribution is 5.38. The highest BCUT2D eigenvalue weighted by Crippen LogP contribution is 2.37. The third-order valence-corrected chi connectivity index (χ3v) is 5.18. The number of hydrogen-bond donors (Lipinski definition) is 0. The largest absolute Gasteiger partial charge is 0.416 e. The molecule has 0 N–H and O–H groups in total. The van der Waals surface area contributed by atoms with Crippen LogP contribution in [0.1, 0.15) is 42.6 Å². The number of nitrogens with zero attached hydrogens (tertiary/aromatic N) is 3. The van der Waals surface area contributed by atoms with E-state index in [4.69, 9.17) is 0 Å². The van der Waals surface area contributed by atoms with E-state index >= 15 is 0 Å². The molecular weight excluding hydrogens is 367 g/mol. The average molecular weight is 387 g/mol. The quantitative estimate of drug-likeness (QED) is 0.650. The first-order valence-corrected chi connectivity index (χ1v) is 9.23. The maximum atomic E-state index is 13.1. The van der Waals surface area contributed by atoms with E-state index in [-0.39, 0.29) is 11.6 Å². The smallest absolute Gasteiger partial charge is 0.288 e. The molecular formula is C21H20F3N3O. The van der Waals surface area contributed by atoms with Gasteiger partial charge in [0.2, 0.25) is 0 Å². The second kappa shape index (κ2) is 7.05. The molecule has 1 saturated carbocycles. The minimum Gasteiger partial charge on any atom is -0.288 e. The summed E-state index contributed by atoms with van der Waals surface area (Å²) in [6, 6.07) is 12.4. The summed E-state index contributed by atoms with van der Waals surface area (Å²) in [4.78, 5) is 19.0. The minimum absolute atomic E-state index is 0.164. The van der Waals surface area contributed by atoms with Gasteiger partial charge in [-0.3, -0.25) is 14.1 Å². The Balaban J connectivity index is 1.64. The topological polar surface area (TPSA) is 37.6 Å². The fraction of sp³-hybridized carbons (Fsp3) is 0.333. The summed E-state index contributed by atoms with van der Waals surface area (Å²) in [6.07, 6.45) is -0.710. The van der Waals surface area contributed by atoms with Crippen LogP contribution in [0.3, 0.4) is 0 Å². The summed E-state index contributed by atoms with van der Waals surface area (Å²) in [6.45, 7) is 2.32. The third-order valence-electron chi connectivity index (χ3n) is 5.18. The van der Waals surface area contributed by atoms with Crippen LogP contribution in [0.25, 0.3) is 5.65 Å². The van der Waals surface area contributed by atoms with Crippen LogP contribution in [0.15, 0.2) is 59.5 Å². The number of fused-ring (bicyclic) bond motifs is 1. The number of aromatic nitrogens is 2. The van der Waals surface area contributed by atoms with Crippen molar-refractivity contribution in [1.82, 2.24) is 14.3 Å². The van der Waals surface area contributed by atoms with Crippen LogP contribution in [0.4, 0.5) is 13.2 Å². The first-order valence-electron chi connectivity index (χ1n) is 9.23. The Hall–Kier alpha value is -2.67. The zero-order valence-corrected chi connectivity index (χ0v) is 15.4. The van der Waals surface area contributed by atoms with Gasteiger partial charge in [-0.2, -0.15) is 13.2 Å². The Morgan fingerprint density at radius 1 is 1.18 bits per heavy atom. The molecule has 146 valence electrons. The zero-order valence-electron chi connectivity index (χ0n) is 15.4. The molecule has 1 aliphatic carbocycles. The maximum Gasteiger partial charge on any atom is 0.416 e. The summed E-state index contributed by atoms with van der Waals surface area (Å²) in [5.74, 6) is 0. The number of rotatable bonds is 5. The van der Waals surface area contributed by atoms with Gasteiger partial charge in [0.1, 0.15) is 5.65 Å². The van der Waals surface area contributed by atoms with Crippen molar-refractivity contribution in [3.63, 3.8) is 0 Å². The Morgan fingerprint density at radius 3 is 2.68 bits per heavy atom. The molecule has 4 nitrogen and oxygen atoms in total. The molecule has 0 saturated heterocycles. The summed E-state index contributed by atoms with van der Waals surface area (Å²) < 4.78 is 40.7. The fourth-order valence-electron chi connectivity index (χ4n) is 3.53. The first kappa shape index (κ1) is 18.7. The molecule has 0 spiro atoms. The van der Waals surface area contributed by atoms with Crippen LogP contribution in [-0.4, -0.2) is 20.3 Å². The lowest BCUT2D eigenvalue weighted by Gasteiger charge is -2.29. The Kier molecular flexibility index (Phi) is 4.71. The molecule has 0 bridgehead atoms. The van der Waals surface area contributed by atoms with Gasteiger partial charge in [0.25, 0.3) is 5.56 Å². The summed E-state index contributed by atoms with van der Waals surface area (Å²) in [5.41, 5.74) is 0.992. The average Bonchev–Trinajstić information content (AvgIpc) is 3.50. The molecule has 1 fully saturated rings. The Bertz CT molecular complexity index is 1060. The molecule has 1 atom stereocenters. The van der Waals surface area contributed by atoms with Gasteiger partial charge < -0.3 is 0 Å². The zero-order chi connectivity index (χ0) is 19.9. The number of pyridine rings is 1. The van der Waals surface area contributed by atoms with Gasteiger partial charge in [0.15, 0.2) is 0 Å². The van der Waals surface area contributed by atoms with Crippen LogP contribution in [0.5, 0.6) is 0 Å². The van der Waals surface area contributed by atoms with Crippen molar-refractivity contribution < 1.29 is 13.2 Å². The molecule has 0 radical (unpaired) electrons. The Labute approximate surface area is 160 Å². The van der Waals surface area contributed by atoms with Gasteiger partial charge >= 0.3 is 6.18 Å². The SMILES string of the molecule is C[C@@H](c1cccc(C(F)(F)F)c1)N(Cc1cc(=O)n2ccccc2n1)C1CC1. The van der Waals surface area contributed by atoms with Gasteiger partial charge in [0, 0.05) is 30.9 Å². The fourth-order valence-corrected chi connectivity index (χ4v) is 3.53. The van der Waals surface area contributed by atoms with Crippen molar-refractivity contribution in [1.29, 1.82) is 0 Å². The molecule has 0 amide bonds. The Morgan fingerprint density at radius 2 is 1.96 bits per heavy atom. The molecule has 7 heteroatoms. The van der Waals surface area contributed by atoms with E-state index in [1.54, 1.807) is 24.4 Å². The summed E-state index contributed by atoms with van der Waals surface area (Å²) in [7, 11) is 0. The molecule has 2 aromatic heterocycles. The number of halogens is 3. The van der Waals surface area contributed by atoms with Crippen molar-refractivity contribution in [3.05, 3.63) is 81.9 Å². The second-order valence-electron chi connectivity index (χ2n) is 7.22. The summed E-state index contributed by atoms with van der Waals surface area (Å²) in [5, 5.41) is 0. The monoisotopic (exact) mass is 387 g/mol. The van der Waals surface area contributed by atoms with Gasteiger partial charge in [-0.05, 0) is 49.6 Å². The van der Waals surface area contributed by atoms with Crippen molar-refractivity contribution in [3.8, 4) is 0 Å². The standard InChI is InChI=1S/C21H20F3N3O/c1-14(15-5-4-6-16(11-15)21(22,23)24)27(18-8-9-18)13-17-12-20(28)26-10-3-2-7-19(26)25-17/h2-7,10-12,14,18H,8-9,13H2,1H3/t14-/m0/s1. The molecule has 1 aliphatic rings. The van der Waals surface area contributed by atoms with E-state index in [9.17, 15) is 18.0 Å². The maximum absolute atomic E-state index is 13.1. The van der Waals surface area contributed by atoms with Crippen LogP contribution in [0.2, 0.25) is 0 Å². The van der Waals surface area contributed by atoms with E-state index in [0.29, 0.717) is 29.5 Å². The number of alkyl halides is 3. The predicted molar refractivity (Wildman–Crippen MR) is 99.9 cm³/mol. The minimum atomic E-state index is -4.37. The lowest BCUT2D eigenvalue weighted by atomic mass is 10.0. The number of hydrogen-bond acceptors (Lipinski definition) is 3. The molecule has 28 heavy (non-hydrogen) atoms. The second-order valence-corrected chi connectivity index (χ2v) is 7.22. The van der Waals surface area contributed by atoms with Crippen molar-refractivity contribution in [2.45, 2.75) is 44.6 Å². The van der Waals surface area contributed by atoms with Crippen LogP contribution in [0, 0.1) is 0 Å². The molecule has 1 aromatic carbocycles. The molecule has 0 aliphatic heterocycles. The van der Waals surface area contributed by atoms with Gasteiger partial charge in [-0.15, -0.1) is 0 Å². The van der Waals surface area contributed by atoms with E-state index < -0.39 is 11.7 Å². The van der Waals surface area contributed by atoms with Crippen LogP contribution < -0.4 is 5.56 Å².